The van der Waals surface area contributed by atoms with Gasteiger partial charge in [-0.2, -0.15) is 0 Å². The molecule has 108 valence electrons. The number of anilines is 1. The Hall–Kier alpha value is -3.02. The monoisotopic (exact) mass is 285 g/mol. The van der Waals surface area contributed by atoms with Crippen molar-refractivity contribution < 1.29 is 14.4 Å². The highest BCUT2D eigenvalue weighted by molar-refractivity contribution is 5.90. The third-order valence-corrected chi connectivity index (χ3v) is 2.64. The van der Waals surface area contributed by atoms with Crippen LogP contribution in [0.15, 0.2) is 60.7 Å². The van der Waals surface area contributed by atoms with Crippen molar-refractivity contribution in [2.24, 2.45) is 5.73 Å². The standard InChI is InChI=1S/C15H15N3O3/c16-14(19)18(13-9-5-2-6-10-13)21-15(20)17-11-12-7-3-1-4-8-12/h1-10H,11H2,(H2,16,19)(H,17,20). The van der Waals surface area contributed by atoms with Crippen molar-refractivity contribution in [1.82, 2.24) is 5.32 Å². The summed E-state index contributed by atoms with van der Waals surface area (Å²) in [5.41, 5.74) is 6.50. The number of para-hydroxylation sites is 1. The first-order valence-electron chi connectivity index (χ1n) is 6.31. The Labute approximate surface area is 122 Å². The van der Waals surface area contributed by atoms with Gasteiger partial charge < -0.3 is 15.9 Å². The van der Waals surface area contributed by atoms with E-state index in [-0.39, 0.29) is 0 Å². The van der Waals surface area contributed by atoms with Crippen molar-refractivity contribution in [1.29, 1.82) is 0 Å². The van der Waals surface area contributed by atoms with E-state index in [1.807, 2.05) is 30.3 Å². The zero-order valence-electron chi connectivity index (χ0n) is 11.2. The first-order chi connectivity index (χ1) is 10.2. The van der Waals surface area contributed by atoms with Crippen LogP contribution in [0.3, 0.4) is 0 Å². The molecule has 0 bridgehead atoms. The van der Waals surface area contributed by atoms with Gasteiger partial charge in [0, 0.05) is 6.54 Å². The molecule has 0 saturated heterocycles. The molecule has 0 radical (unpaired) electrons. The van der Waals surface area contributed by atoms with Crippen molar-refractivity contribution >= 4 is 17.8 Å². The molecule has 21 heavy (non-hydrogen) atoms. The van der Waals surface area contributed by atoms with E-state index < -0.39 is 12.1 Å². The van der Waals surface area contributed by atoms with Gasteiger partial charge in [0.1, 0.15) is 0 Å². The lowest BCUT2D eigenvalue weighted by atomic mass is 10.2. The molecule has 0 unspecified atom stereocenters. The fraction of sp³-hybridized carbons (Fsp3) is 0.0667. The molecule has 6 nitrogen and oxygen atoms in total. The number of carbonyl (C=O) groups is 2. The van der Waals surface area contributed by atoms with E-state index in [0.29, 0.717) is 12.2 Å². The van der Waals surface area contributed by atoms with Gasteiger partial charge in [-0.15, -0.1) is 5.06 Å². The summed E-state index contributed by atoms with van der Waals surface area (Å²) in [7, 11) is 0. The molecule has 2 aromatic carbocycles. The molecular weight excluding hydrogens is 270 g/mol. The van der Waals surface area contributed by atoms with Crippen LogP contribution >= 0.6 is 0 Å². The molecule has 0 aliphatic carbocycles. The van der Waals surface area contributed by atoms with Gasteiger partial charge in [0.2, 0.25) is 0 Å². The Morgan fingerprint density at radius 1 is 1.00 bits per heavy atom. The van der Waals surface area contributed by atoms with E-state index in [1.165, 1.54) is 0 Å². The van der Waals surface area contributed by atoms with Crippen molar-refractivity contribution in [2.45, 2.75) is 6.54 Å². The summed E-state index contributed by atoms with van der Waals surface area (Å²) in [6.07, 6.45) is -0.762. The number of carbonyl (C=O) groups excluding carboxylic acids is 2. The number of nitrogens with two attached hydrogens (primary N) is 1. The molecule has 0 aliphatic heterocycles. The van der Waals surface area contributed by atoms with Gasteiger partial charge in [-0.3, -0.25) is 0 Å². The highest BCUT2D eigenvalue weighted by atomic mass is 16.7. The van der Waals surface area contributed by atoms with Crippen LogP contribution in [0.5, 0.6) is 0 Å². The molecule has 3 amide bonds. The third kappa shape index (κ3) is 4.24. The van der Waals surface area contributed by atoms with E-state index in [9.17, 15) is 9.59 Å². The molecule has 2 aromatic rings. The lowest BCUT2D eigenvalue weighted by molar-refractivity contribution is 0.136. The Balaban J connectivity index is 1.95. The molecule has 0 aliphatic rings. The molecular formula is C15H15N3O3. The third-order valence-electron chi connectivity index (χ3n) is 2.64. The second-order valence-electron chi connectivity index (χ2n) is 4.19. The fourth-order valence-electron chi connectivity index (χ4n) is 1.67. The predicted molar refractivity (Wildman–Crippen MR) is 78.3 cm³/mol. The van der Waals surface area contributed by atoms with Crippen LogP contribution in [0.25, 0.3) is 0 Å². The van der Waals surface area contributed by atoms with Gasteiger partial charge in [0.05, 0.1) is 5.69 Å². The number of hydroxylamine groups is 1. The van der Waals surface area contributed by atoms with Gasteiger partial charge >= 0.3 is 12.1 Å². The highest BCUT2D eigenvalue weighted by Crippen LogP contribution is 2.13. The van der Waals surface area contributed by atoms with Crippen molar-refractivity contribution in [3.05, 3.63) is 66.2 Å². The summed E-state index contributed by atoms with van der Waals surface area (Å²) < 4.78 is 0. The fourth-order valence-corrected chi connectivity index (χ4v) is 1.67. The maximum Gasteiger partial charge on any atom is 0.432 e. The van der Waals surface area contributed by atoms with E-state index in [0.717, 1.165) is 10.6 Å². The molecule has 6 heteroatoms. The van der Waals surface area contributed by atoms with E-state index in [1.54, 1.807) is 30.3 Å². The van der Waals surface area contributed by atoms with Crippen molar-refractivity contribution in [3.63, 3.8) is 0 Å². The number of amides is 3. The normalized spacial score (nSPS) is 9.71. The average molecular weight is 285 g/mol. The maximum absolute atomic E-state index is 11.7. The number of nitrogens with one attached hydrogen (secondary N) is 1. The van der Waals surface area contributed by atoms with Crippen LogP contribution in [-0.4, -0.2) is 12.1 Å². The van der Waals surface area contributed by atoms with E-state index in [2.05, 4.69) is 5.32 Å². The number of hydrogen-bond donors (Lipinski definition) is 2. The van der Waals surface area contributed by atoms with Crippen LogP contribution in [0.4, 0.5) is 15.3 Å². The smallest absolute Gasteiger partial charge is 0.349 e. The number of nitrogens with zero attached hydrogens (tertiary/aromatic N) is 1. The van der Waals surface area contributed by atoms with Gasteiger partial charge in [-0.25, -0.2) is 9.59 Å². The topological polar surface area (TPSA) is 84.7 Å². The number of benzene rings is 2. The summed E-state index contributed by atoms with van der Waals surface area (Å²) >= 11 is 0. The van der Waals surface area contributed by atoms with Gasteiger partial charge in [-0.05, 0) is 17.7 Å². The Morgan fingerprint density at radius 2 is 1.57 bits per heavy atom. The zero-order valence-corrected chi connectivity index (χ0v) is 11.2. The summed E-state index contributed by atoms with van der Waals surface area (Å²) in [4.78, 5) is 28.0. The molecule has 2 rings (SSSR count). The summed E-state index contributed by atoms with van der Waals surface area (Å²) in [6, 6.07) is 16.9. The first kappa shape index (κ1) is 14.4. The maximum atomic E-state index is 11.7. The van der Waals surface area contributed by atoms with Gasteiger partial charge in [0.25, 0.3) is 0 Å². The largest absolute Gasteiger partial charge is 0.432 e. The number of rotatable bonds is 3. The summed E-state index contributed by atoms with van der Waals surface area (Å²) in [5.74, 6) is 0. The highest BCUT2D eigenvalue weighted by Gasteiger charge is 2.17. The summed E-state index contributed by atoms with van der Waals surface area (Å²) in [6.45, 7) is 0.293. The average Bonchev–Trinajstić information content (AvgIpc) is 2.52. The number of urea groups is 1. The quantitative estimate of drug-likeness (QED) is 0.849. The molecule has 0 atom stereocenters. The van der Waals surface area contributed by atoms with Crippen LogP contribution in [0.1, 0.15) is 5.56 Å². The van der Waals surface area contributed by atoms with Crippen LogP contribution in [-0.2, 0) is 11.4 Å². The molecule has 0 heterocycles. The minimum absolute atomic E-state index is 0.293. The lowest BCUT2D eigenvalue weighted by Gasteiger charge is -2.18. The Morgan fingerprint density at radius 3 is 2.14 bits per heavy atom. The Bertz CT molecular complexity index is 602. The second-order valence-corrected chi connectivity index (χ2v) is 4.19. The van der Waals surface area contributed by atoms with Gasteiger partial charge in [0.15, 0.2) is 0 Å². The lowest BCUT2D eigenvalue weighted by Crippen LogP contribution is -2.40. The zero-order chi connectivity index (χ0) is 15.1. The minimum Gasteiger partial charge on any atom is -0.349 e. The van der Waals surface area contributed by atoms with Crippen LogP contribution in [0.2, 0.25) is 0 Å². The molecule has 3 N–H and O–H groups in total. The Kier molecular flexibility index (Phi) is 4.76. The van der Waals surface area contributed by atoms with E-state index >= 15 is 0 Å². The molecule has 0 aromatic heterocycles. The summed E-state index contributed by atoms with van der Waals surface area (Å²) in [5, 5.41) is 3.28. The minimum atomic E-state index is -0.879. The second kappa shape index (κ2) is 6.95. The van der Waals surface area contributed by atoms with Gasteiger partial charge in [-0.1, -0.05) is 48.5 Å². The van der Waals surface area contributed by atoms with Crippen molar-refractivity contribution in [3.8, 4) is 0 Å². The first-order valence-corrected chi connectivity index (χ1v) is 6.31. The number of hydrogen-bond acceptors (Lipinski definition) is 3. The van der Waals surface area contributed by atoms with Crippen LogP contribution < -0.4 is 16.1 Å². The molecule has 0 spiro atoms. The molecule has 0 saturated carbocycles. The van der Waals surface area contributed by atoms with Crippen molar-refractivity contribution in [2.75, 3.05) is 5.06 Å². The number of primary amides is 1. The predicted octanol–water partition coefficient (Wildman–Crippen LogP) is 2.41. The SMILES string of the molecule is NC(=O)N(OC(=O)NCc1ccccc1)c1ccccc1. The van der Waals surface area contributed by atoms with E-state index in [4.69, 9.17) is 10.6 Å². The van der Waals surface area contributed by atoms with Crippen LogP contribution in [0, 0.1) is 0 Å². The molecule has 0 fully saturated rings.